The molecule has 0 saturated carbocycles. The second-order valence-electron chi connectivity index (χ2n) is 3.61. The average Bonchev–Trinajstić information content (AvgIpc) is 2.36. The molecule has 0 spiro atoms. The number of nitrogens with zero attached hydrogens (tertiary/aromatic N) is 1. The largest absolute Gasteiger partial charge is 0.380 e. The predicted molar refractivity (Wildman–Crippen MR) is 65.4 cm³/mol. The van der Waals surface area contributed by atoms with Crippen molar-refractivity contribution in [2.45, 2.75) is 12.8 Å². The highest BCUT2D eigenvalue weighted by Crippen LogP contribution is 1.95. The fourth-order valence-electron chi connectivity index (χ4n) is 1.33. The van der Waals surface area contributed by atoms with Crippen molar-refractivity contribution in [3.8, 4) is 0 Å². The minimum absolute atomic E-state index is 0.00547. The summed E-state index contributed by atoms with van der Waals surface area (Å²) in [4.78, 5) is 15.4. The molecule has 0 bridgehead atoms. The van der Waals surface area contributed by atoms with Crippen LogP contribution < -0.4 is 11.1 Å². The van der Waals surface area contributed by atoms with Gasteiger partial charge in [0.05, 0.1) is 13.2 Å². The van der Waals surface area contributed by atoms with Gasteiger partial charge in [0.1, 0.15) is 0 Å². The zero-order valence-corrected chi connectivity index (χ0v) is 9.89. The van der Waals surface area contributed by atoms with Gasteiger partial charge < -0.3 is 15.8 Å². The Morgan fingerprint density at radius 2 is 2.35 bits per heavy atom. The van der Waals surface area contributed by atoms with Gasteiger partial charge in [-0.1, -0.05) is 6.07 Å². The highest BCUT2D eigenvalue weighted by molar-refractivity contribution is 5.75. The second-order valence-corrected chi connectivity index (χ2v) is 3.61. The smallest absolute Gasteiger partial charge is 0.222 e. The van der Waals surface area contributed by atoms with Crippen molar-refractivity contribution in [1.29, 1.82) is 0 Å². The van der Waals surface area contributed by atoms with Crippen LogP contribution in [-0.2, 0) is 16.0 Å². The molecule has 0 unspecified atom stereocenters. The molecule has 1 heterocycles. The standard InChI is InChI=1S/C12H19N3O2/c13-5-9-17-8-4-12(16)15-7-3-11-2-1-6-14-10-11/h1-2,6,10H,3-5,7-9,13H2,(H,15,16). The highest BCUT2D eigenvalue weighted by atomic mass is 16.5. The number of nitrogens with two attached hydrogens (primary N) is 1. The van der Waals surface area contributed by atoms with Gasteiger partial charge in [-0.3, -0.25) is 9.78 Å². The Morgan fingerprint density at radius 1 is 1.47 bits per heavy atom. The van der Waals surface area contributed by atoms with Gasteiger partial charge in [-0.2, -0.15) is 0 Å². The molecule has 0 fully saturated rings. The Bertz CT molecular complexity index is 317. The molecule has 0 aliphatic rings. The summed E-state index contributed by atoms with van der Waals surface area (Å²) >= 11 is 0. The first kappa shape index (κ1) is 13.6. The number of nitrogens with one attached hydrogen (secondary N) is 1. The van der Waals surface area contributed by atoms with Gasteiger partial charge in [0, 0.05) is 31.9 Å². The Labute approximate surface area is 101 Å². The van der Waals surface area contributed by atoms with Crippen LogP contribution in [0.4, 0.5) is 0 Å². The van der Waals surface area contributed by atoms with Crippen molar-refractivity contribution in [2.75, 3.05) is 26.3 Å². The van der Waals surface area contributed by atoms with Crippen LogP contribution in [0.25, 0.3) is 0 Å². The lowest BCUT2D eigenvalue weighted by Crippen LogP contribution is -2.26. The van der Waals surface area contributed by atoms with Crippen molar-refractivity contribution in [1.82, 2.24) is 10.3 Å². The van der Waals surface area contributed by atoms with E-state index in [4.69, 9.17) is 10.5 Å². The molecule has 0 aliphatic carbocycles. The molecule has 5 heteroatoms. The molecule has 1 rings (SSSR count). The summed E-state index contributed by atoms with van der Waals surface area (Å²) in [6, 6.07) is 3.88. The molecule has 94 valence electrons. The van der Waals surface area contributed by atoms with Gasteiger partial charge in [-0.15, -0.1) is 0 Å². The van der Waals surface area contributed by atoms with Gasteiger partial charge in [0.25, 0.3) is 0 Å². The molecular formula is C12H19N3O2. The summed E-state index contributed by atoms with van der Waals surface area (Å²) in [6.07, 6.45) is 4.71. The molecule has 1 aromatic rings. The molecule has 17 heavy (non-hydrogen) atoms. The van der Waals surface area contributed by atoms with E-state index < -0.39 is 0 Å². The predicted octanol–water partition coefficient (Wildman–Crippen LogP) is 0.106. The number of carbonyl (C=O) groups is 1. The molecule has 0 atom stereocenters. The summed E-state index contributed by atoms with van der Waals surface area (Å²) in [5, 5.41) is 2.83. The van der Waals surface area contributed by atoms with Crippen LogP contribution in [0, 0.1) is 0 Å². The van der Waals surface area contributed by atoms with E-state index in [1.54, 1.807) is 12.4 Å². The van der Waals surface area contributed by atoms with Crippen LogP contribution in [0.2, 0.25) is 0 Å². The normalized spacial score (nSPS) is 10.2. The number of amides is 1. The molecule has 3 N–H and O–H groups in total. The number of pyridine rings is 1. The van der Waals surface area contributed by atoms with Crippen molar-refractivity contribution in [3.05, 3.63) is 30.1 Å². The number of aromatic nitrogens is 1. The van der Waals surface area contributed by atoms with E-state index in [2.05, 4.69) is 10.3 Å². The van der Waals surface area contributed by atoms with Crippen LogP contribution in [0.15, 0.2) is 24.5 Å². The number of rotatable bonds is 8. The first-order valence-electron chi connectivity index (χ1n) is 5.76. The summed E-state index contributed by atoms with van der Waals surface area (Å²) in [6.45, 7) is 2.04. The average molecular weight is 237 g/mol. The SMILES string of the molecule is NCCOCCC(=O)NCCc1cccnc1. The summed E-state index contributed by atoms with van der Waals surface area (Å²) in [5.41, 5.74) is 6.38. The highest BCUT2D eigenvalue weighted by Gasteiger charge is 2.00. The Kier molecular flexibility index (Phi) is 6.93. The third-order valence-electron chi connectivity index (χ3n) is 2.19. The van der Waals surface area contributed by atoms with E-state index in [9.17, 15) is 4.79 Å². The van der Waals surface area contributed by atoms with E-state index in [1.165, 1.54) is 0 Å². The number of carbonyl (C=O) groups excluding carboxylic acids is 1. The maximum atomic E-state index is 11.4. The fraction of sp³-hybridized carbons (Fsp3) is 0.500. The maximum absolute atomic E-state index is 11.4. The minimum atomic E-state index is 0.00547. The molecule has 5 nitrogen and oxygen atoms in total. The van der Waals surface area contributed by atoms with Crippen LogP contribution in [-0.4, -0.2) is 37.2 Å². The monoisotopic (exact) mass is 237 g/mol. The zero-order chi connectivity index (χ0) is 12.3. The molecule has 0 aliphatic heterocycles. The van der Waals surface area contributed by atoms with Crippen molar-refractivity contribution in [2.24, 2.45) is 5.73 Å². The summed E-state index contributed by atoms with van der Waals surface area (Å²) in [7, 11) is 0. The maximum Gasteiger partial charge on any atom is 0.222 e. The third kappa shape index (κ3) is 6.65. The lowest BCUT2D eigenvalue weighted by molar-refractivity contribution is -0.122. The van der Waals surface area contributed by atoms with Crippen molar-refractivity contribution >= 4 is 5.91 Å². The molecule has 0 radical (unpaired) electrons. The quantitative estimate of drug-likeness (QED) is 0.629. The first-order chi connectivity index (χ1) is 8.33. The van der Waals surface area contributed by atoms with Gasteiger partial charge in [0.2, 0.25) is 5.91 Å². The number of ether oxygens (including phenoxy) is 1. The van der Waals surface area contributed by atoms with Gasteiger partial charge in [0.15, 0.2) is 0 Å². The Morgan fingerprint density at radius 3 is 3.06 bits per heavy atom. The van der Waals surface area contributed by atoms with Crippen LogP contribution >= 0.6 is 0 Å². The molecule has 1 amide bonds. The van der Waals surface area contributed by atoms with E-state index >= 15 is 0 Å². The van der Waals surface area contributed by atoms with Crippen LogP contribution in [0.1, 0.15) is 12.0 Å². The second kappa shape index (κ2) is 8.66. The lowest BCUT2D eigenvalue weighted by Gasteiger charge is -2.05. The van der Waals surface area contributed by atoms with Gasteiger partial charge in [-0.25, -0.2) is 0 Å². The number of hydrogen-bond donors (Lipinski definition) is 2. The lowest BCUT2D eigenvalue weighted by atomic mass is 10.2. The van der Waals surface area contributed by atoms with Crippen LogP contribution in [0.5, 0.6) is 0 Å². The van der Waals surface area contributed by atoms with E-state index in [0.717, 1.165) is 12.0 Å². The molecular weight excluding hydrogens is 218 g/mol. The van der Waals surface area contributed by atoms with E-state index in [-0.39, 0.29) is 5.91 Å². The third-order valence-corrected chi connectivity index (χ3v) is 2.19. The zero-order valence-electron chi connectivity index (χ0n) is 9.89. The molecule has 0 aromatic carbocycles. The first-order valence-corrected chi connectivity index (χ1v) is 5.76. The van der Waals surface area contributed by atoms with Crippen molar-refractivity contribution < 1.29 is 9.53 Å². The van der Waals surface area contributed by atoms with Crippen molar-refractivity contribution in [3.63, 3.8) is 0 Å². The number of hydrogen-bond acceptors (Lipinski definition) is 4. The van der Waals surface area contributed by atoms with Gasteiger partial charge in [-0.05, 0) is 18.1 Å². The topological polar surface area (TPSA) is 77.2 Å². The Balaban J connectivity index is 2.04. The van der Waals surface area contributed by atoms with E-state index in [0.29, 0.717) is 32.7 Å². The Hall–Kier alpha value is -1.46. The van der Waals surface area contributed by atoms with E-state index in [1.807, 2.05) is 12.1 Å². The summed E-state index contributed by atoms with van der Waals surface area (Å²) in [5.74, 6) is 0.00547. The van der Waals surface area contributed by atoms with Gasteiger partial charge >= 0.3 is 0 Å². The fourth-order valence-corrected chi connectivity index (χ4v) is 1.33. The minimum Gasteiger partial charge on any atom is -0.380 e. The molecule has 1 aromatic heterocycles. The molecule has 0 saturated heterocycles. The van der Waals surface area contributed by atoms with Crippen LogP contribution in [0.3, 0.4) is 0 Å². The summed E-state index contributed by atoms with van der Waals surface area (Å²) < 4.78 is 5.12.